The molecule has 49 heavy (non-hydrogen) atoms. The Balaban J connectivity index is 18.6. The van der Waals surface area contributed by atoms with Gasteiger partial charge in [-0.3, -0.25) is 0 Å². The van der Waals surface area contributed by atoms with Crippen molar-refractivity contribution >= 4 is 68.2 Å². The molecule has 0 amide bonds. The maximum atomic E-state index is 14.7. The van der Waals surface area contributed by atoms with Gasteiger partial charge < -0.3 is 0 Å². The molecular weight excluding hydrogens is 1040 g/mol. The summed E-state index contributed by atoms with van der Waals surface area (Å²) in [5, 5.41) is 0. The number of hydrogen-bond donors (Lipinski definition) is 24. The van der Waals surface area contributed by atoms with Gasteiger partial charge in [0, 0.05) is 0 Å². The topological polar surface area (TPSA) is 690 Å². The van der Waals surface area contributed by atoms with Crippen LogP contribution in [0, 0.1) is 0 Å². The predicted octanol–water partition coefficient (Wildman–Crippen LogP) is -4.46. The molecule has 0 rings (SSSR count). The summed E-state index contributed by atoms with van der Waals surface area (Å²) in [5.74, 6) is 0. The third kappa shape index (κ3) is 0.748. The van der Waals surface area contributed by atoms with Gasteiger partial charge in [-0.15, -0.1) is 0 Å². The van der Waals surface area contributed by atoms with E-state index >= 15 is 0 Å². The minimum absolute atomic E-state index is 11.0. The second-order valence-corrected chi connectivity index (χ2v) is 347. The Hall–Kier alpha value is 2.49. The fourth-order valence-electron chi connectivity index (χ4n) is 9.14. The molecule has 0 heterocycles. The van der Waals surface area contributed by atoms with Crippen molar-refractivity contribution in [1.29, 1.82) is 0 Å². The molecule has 0 aromatic heterocycles. The monoisotopic (exact) mass is 1070 g/mol. The van der Waals surface area contributed by atoms with Gasteiger partial charge in [-0.2, -0.15) is 0 Å². The van der Waals surface area contributed by atoms with Crippen LogP contribution in [0.15, 0.2) is 0 Å². The van der Waals surface area contributed by atoms with E-state index in [-0.39, 0.29) is 0 Å². The van der Waals surface area contributed by atoms with Crippen LogP contribution in [0.25, 0.3) is 0 Å². The molecule has 0 aromatic rings. The summed E-state index contributed by atoms with van der Waals surface area (Å²) in [7, 11) is 0. The molecule has 0 atom stereocenters. The van der Waals surface area contributed by atoms with Crippen LogP contribution in [0.4, 0.5) is 0 Å². The van der Waals surface area contributed by atoms with Crippen molar-refractivity contribution in [3.05, 3.63) is 0 Å². The van der Waals surface area contributed by atoms with E-state index < -0.39 is 68.2 Å². The molecule has 0 unspecified atom stereocenters. The molecule has 0 aliphatic rings. The molecule has 0 bridgehead atoms. The van der Waals surface area contributed by atoms with Gasteiger partial charge in [0.05, 0.1) is 0 Å². The molecule has 49 heteroatoms. The maximum absolute atomic E-state index is 26.4. The first-order valence-electron chi connectivity index (χ1n) is 9.18. The van der Waals surface area contributed by atoms with Gasteiger partial charge in [0.25, 0.3) is 0 Å². The first-order chi connectivity index (χ1) is 19.7. The van der Waals surface area contributed by atoms with Crippen LogP contribution < -0.4 is 0 Å². The Morgan fingerprint density at radius 2 is 0.204 bits per heavy atom. The van der Waals surface area contributed by atoms with Crippen molar-refractivity contribution in [3.63, 3.8) is 0 Å². The third-order valence-electron chi connectivity index (χ3n) is 14.0. The summed E-state index contributed by atoms with van der Waals surface area (Å²) in [6.45, 7) is 0. The normalized spacial score (nSPS) is 25.5. The van der Waals surface area contributed by atoms with Gasteiger partial charge in [-0.1, -0.05) is 0 Å². The molecule has 0 aliphatic heterocycles. The molecule has 306 valence electrons. The molecule has 0 aromatic carbocycles. The zero-order chi connectivity index (χ0) is 42.3. The zero-order valence-corrected chi connectivity index (χ0v) is 34.1. The molecule has 0 saturated carbocycles. The second kappa shape index (κ2) is 6.26. The molecule has 0 spiro atoms. The SMILES string of the molecule is O=[P](O)(O)[Mo]([P](=O)(O)O)([P](=O)(O)O)([P](=O)(O)O)([P](=O)(O)O)([P](=O)(O)O)([P](=O)(O)O)([P](=O)(O)O)([P](=O)(O)O)([P](=O)(O)O)([P](=O)(O)O)[P](=O)(O)O. The average molecular weight is 1070 g/mol. The third-order valence-corrected chi connectivity index (χ3v) is 748. The van der Waals surface area contributed by atoms with Crippen molar-refractivity contribution in [2.24, 2.45) is 0 Å². The molecule has 0 fully saturated rings. The van der Waals surface area contributed by atoms with Crippen molar-refractivity contribution < 1.29 is 172 Å². The van der Waals surface area contributed by atoms with Gasteiger partial charge in [-0.05, 0) is 0 Å². The zero-order valence-electron chi connectivity index (χ0n) is 21.4. The van der Waals surface area contributed by atoms with Crippen molar-refractivity contribution in [2.45, 2.75) is 0 Å². The van der Waals surface area contributed by atoms with Crippen LogP contribution in [-0.2, 0) is 54.8 Å². The molecule has 0 saturated heterocycles. The minimum atomic E-state index is -26.4. The molecule has 0 aliphatic carbocycles. The first kappa shape index (κ1) is 51.5. The standard InChI is InChI=1S/Mo.12HO3P/c;12*1-4(2)3/h;12*(H-,1,2,3)/q-12;;;;;;;;;;;;/p+12. The van der Waals surface area contributed by atoms with Gasteiger partial charge >= 0.3 is 240 Å². The van der Waals surface area contributed by atoms with Gasteiger partial charge in [0.15, 0.2) is 0 Å². The van der Waals surface area contributed by atoms with Crippen molar-refractivity contribution in [1.82, 2.24) is 0 Å². The van der Waals surface area contributed by atoms with Crippen LogP contribution >= 0.6 is 68.2 Å². The van der Waals surface area contributed by atoms with Crippen LogP contribution in [0.2, 0.25) is 0 Å². The Kier molecular flexibility index (Phi) is 6.58. The number of hydrogen-bond acceptors (Lipinski definition) is 12. The number of rotatable bonds is 12. The Morgan fingerprint density at radius 1 is 0.163 bits per heavy atom. The predicted molar refractivity (Wildman–Crippen MR) is 145 cm³/mol. The fraction of sp³-hybridized carbons (Fsp3) is 0. The quantitative estimate of drug-likeness (QED) is 0.0647. The average Bonchev–Trinajstić information content (AvgIpc) is 2.57. The van der Waals surface area contributed by atoms with E-state index in [4.69, 9.17) is 0 Å². The van der Waals surface area contributed by atoms with Crippen LogP contribution in [0.1, 0.15) is 0 Å². The van der Waals surface area contributed by atoms with Crippen molar-refractivity contribution in [3.8, 4) is 0 Å². The summed E-state index contributed by atoms with van der Waals surface area (Å²) >= 11 is 0. The van der Waals surface area contributed by atoms with Crippen LogP contribution in [0.5, 0.6) is 0 Å². The van der Waals surface area contributed by atoms with E-state index in [0.717, 1.165) is 0 Å². The summed E-state index contributed by atoms with van der Waals surface area (Å²) in [6.07, 6.45) is 0. The first-order valence-corrected chi connectivity index (χ1v) is 59.9. The Bertz CT molecular complexity index is 1880. The van der Waals surface area contributed by atoms with Gasteiger partial charge in [0.1, 0.15) is 0 Å². The van der Waals surface area contributed by atoms with Gasteiger partial charge in [0.2, 0.25) is 0 Å². The van der Waals surface area contributed by atoms with E-state index in [1.54, 1.807) is 0 Å². The molecular formula is H24MoO36P12. The van der Waals surface area contributed by atoms with Gasteiger partial charge in [-0.25, -0.2) is 0 Å². The Morgan fingerprint density at radius 3 is 0.204 bits per heavy atom. The van der Waals surface area contributed by atoms with E-state index in [9.17, 15) is 172 Å². The van der Waals surface area contributed by atoms with Crippen molar-refractivity contribution in [2.75, 3.05) is 0 Å². The summed E-state index contributed by atoms with van der Waals surface area (Å²) in [5.41, 5.74) is -175. The van der Waals surface area contributed by atoms with E-state index in [2.05, 4.69) is 0 Å². The molecule has 24 N–H and O–H groups in total. The summed E-state index contributed by atoms with van der Waals surface area (Å²) in [4.78, 5) is 263. The van der Waals surface area contributed by atoms with Crippen LogP contribution in [-0.4, -0.2) is 117 Å². The van der Waals surface area contributed by atoms with E-state index in [0.29, 0.717) is 0 Å². The van der Waals surface area contributed by atoms with E-state index in [1.165, 1.54) is 0 Å². The fourth-order valence-corrected chi connectivity index (χ4v) is 487. The summed E-state index contributed by atoms with van der Waals surface area (Å²) in [6, 6.07) is 0. The van der Waals surface area contributed by atoms with E-state index in [1.807, 2.05) is 0 Å². The second-order valence-electron chi connectivity index (χ2n) is 11.3. The molecule has 0 radical (unpaired) electrons. The summed E-state index contributed by atoms with van der Waals surface area (Å²) < 4.78 is 150. The Labute approximate surface area is 240 Å². The van der Waals surface area contributed by atoms with Crippen LogP contribution in [0.3, 0.4) is 0 Å². The molecule has 36 nitrogen and oxygen atoms in total.